The van der Waals surface area contributed by atoms with E-state index >= 15 is 0 Å². The van der Waals surface area contributed by atoms with Gasteiger partial charge in [0.25, 0.3) is 0 Å². The lowest BCUT2D eigenvalue weighted by molar-refractivity contribution is 1.25. The molecule has 0 aliphatic rings. The van der Waals surface area contributed by atoms with Gasteiger partial charge in [-0.3, -0.25) is 4.98 Å². The van der Waals surface area contributed by atoms with Crippen LogP contribution >= 0.6 is 15.9 Å². The monoisotopic (exact) mass is 235 g/mol. The van der Waals surface area contributed by atoms with Crippen LogP contribution in [-0.2, 0) is 0 Å². The van der Waals surface area contributed by atoms with Gasteiger partial charge in [-0.2, -0.15) is 0 Å². The van der Waals surface area contributed by atoms with E-state index in [-0.39, 0.29) is 0 Å². The van der Waals surface area contributed by atoms with E-state index in [1.54, 1.807) is 0 Å². The molecule has 2 rings (SSSR count). The molecule has 0 N–H and O–H groups in total. The average molecular weight is 236 g/mol. The van der Waals surface area contributed by atoms with E-state index < -0.39 is 0 Å². The molecule has 1 nitrogen and oxygen atoms in total. The van der Waals surface area contributed by atoms with Gasteiger partial charge >= 0.3 is 0 Å². The van der Waals surface area contributed by atoms with Crippen LogP contribution in [-0.4, -0.2) is 4.98 Å². The maximum absolute atomic E-state index is 4.45. The zero-order valence-electron chi connectivity index (χ0n) is 7.63. The minimum atomic E-state index is 1.05. The third-order valence-electron chi connectivity index (χ3n) is 2.14. The SMILES string of the molecule is Cc1ccc2c(Br)c(C)ccc2n1. The molecule has 0 amide bonds. The number of halogens is 1. The highest BCUT2D eigenvalue weighted by Gasteiger charge is 2.01. The van der Waals surface area contributed by atoms with Crippen LogP contribution in [0, 0.1) is 13.8 Å². The summed E-state index contributed by atoms with van der Waals surface area (Å²) in [6.07, 6.45) is 0. The summed E-state index contributed by atoms with van der Waals surface area (Å²) >= 11 is 3.57. The lowest BCUT2D eigenvalue weighted by Crippen LogP contribution is -1.85. The number of pyridine rings is 1. The number of aromatic nitrogens is 1. The highest BCUT2D eigenvalue weighted by atomic mass is 79.9. The van der Waals surface area contributed by atoms with Gasteiger partial charge in [0.1, 0.15) is 0 Å². The molecular formula is C11H10BrN. The molecule has 0 radical (unpaired) electrons. The Labute approximate surface area is 85.9 Å². The molecule has 0 aliphatic heterocycles. The molecule has 2 heteroatoms. The Hall–Kier alpha value is -0.890. The van der Waals surface area contributed by atoms with Crippen molar-refractivity contribution in [2.75, 3.05) is 0 Å². The molecule has 0 saturated carbocycles. The van der Waals surface area contributed by atoms with Crippen molar-refractivity contribution in [1.82, 2.24) is 4.98 Å². The molecule has 0 atom stereocenters. The van der Waals surface area contributed by atoms with Gasteiger partial charge in [-0.25, -0.2) is 0 Å². The van der Waals surface area contributed by atoms with Crippen LogP contribution < -0.4 is 0 Å². The molecule has 1 aromatic carbocycles. The lowest BCUT2D eigenvalue weighted by atomic mass is 10.1. The second-order valence-electron chi connectivity index (χ2n) is 3.22. The summed E-state index contributed by atoms with van der Waals surface area (Å²) < 4.78 is 1.15. The highest BCUT2D eigenvalue weighted by molar-refractivity contribution is 9.10. The molecule has 1 aromatic heterocycles. The zero-order chi connectivity index (χ0) is 9.42. The van der Waals surface area contributed by atoms with Gasteiger partial charge in [-0.05, 0) is 53.5 Å². The Bertz CT molecular complexity index is 463. The quantitative estimate of drug-likeness (QED) is 0.680. The standard InChI is InChI=1S/C11H10BrN/c1-7-3-6-10-9(11(7)12)5-4-8(2)13-10/h3-6H,1-2H3. The van der Waals surface area contributed by atoms with Gasteiger partial charge in [0.15, 0.2) is 0 Å². The summed E-state index contributed by atoms with van der Waals surface area (Å²) in [6.45, 7) is 4.09. The minimum absolute atomic E-state index is 1.05. The van der Waals surface area contributed by atoms with Crippen molar-refractivity contribution in [3.63, 3.8) is 0 Å². The minimum Gasteiger partial charge on any atom is -0.253 e. The predicted octanol–water partition coefficient (Wildman–Crippen LogP) is 3.61. The first-order valence-electron chi connectivity index (χ1n) is 4.21. The van der Waals surface area contributed by atoms with Gasteiger partial charge < -0.3 is 0 Å². The lowest BCUT2D eigenvalue weighted by Gasteiger charge is -2.03. The van der Waals surface area contributed by atoms with Crippen molar-refractivity contribution < 1.29 is 0 Å². The van der Waals surface area contributed by atoms with Gasteiger partial charge in [0.2, 0.25) is 0 Å². The number of benzene rings is 1. The number of hydrogen-bond donors (Lipinski definition) is 0. The van der Waals surface area contributed by atoms with E-state index in [1.807, 2.05) is 13.0 Å². The summed E-state index contributed by atoms with van der Waals surface area (Å²) in [6, 6.07) is 8.28. The van der Waals surface area contributed by atoms with Crippen LogP contribution in [0.2, 0.25) is 0 Å². The van der Waals surface area contributed by atoms with Crippen LogP contribution in [0.1, 0.15) is 11.3 Å². The Morgan fingerprint density at radius 1 is 1.08 bits per heavy atom. The van der Waals surface area contributed by atoms with E-state index in [0.29, 0.717) is 0 Å². The van der Waals surface area contributed by atoms with Crippen LogP contribution in [0.3, 0.4) is 0 Å². The molecule has 0 unspecified atom stereocenters. The van der Waals surface area contributed by atoms with Gasteiger partial charge in [0.05, 0.1) is 5.52 Å². The molecule has 0 bridgehead atoms. The van der Waals surface area contributed by atoms with E-state index in [2.05, 4.69) is 46.0 Å². The van der Waals surface area contributed by atoms with Crippen molar-refractivity contribution in [2.45, 2.75) is 13.8 Å². The third-order valence-corrected chi connectivity index (χ3v) is 3.19. The van der Waals surface area contributed by atoms with Crippen LogP contribution in [0.15, 0.2) is 28.7 Å². The Balaban J connectivity index is 2.87. The summed E-state index contributed by atoms with van der Waals surface area (Å²) in [5, 5.41) is 1.19. The number of aryl methyl sites for hydroxylation is 2. The summed E-state index contributed by atoms with van der Waals surface area (Å²) in [4.78, 5) is 4.45. The second kappa shape index (κ2) is 3.11. The van der Waals surface area contributed by atoms with Gasteiger partial charge in [0, 0.05) is 15.6 Å². The summed E-state index contributed by atoms with van der Waals surface area (Å²) in [5.41, 5.74) is 3.36. The highest BCUT2D eigenvalue weighted by Crippen LogP contribution is 2.26. The average Bonchev–Trinajstić information content (AvgIpc) is 2.12. The summed E-state index contributed by atoms with van der Waals surface area (Å²) in [5.74, 6) is 0. The molecule has 13 heavy (non-hydrogen) atoms. The van der Waals surface area contributed by atoms with Crippen LogP contribution in [0.25, 0.3) is 10.9 Å². The van der Waals surface area contributed by atoms with E-state index in [9.17, 15) is 0 Å². The van der Waals surface area contributed by atoms with Crippen molar-refractivity contribution in [1.29, 1.82) is 0 Å². The smallest absolute Gasteiger partial charge is 0.0716 e. The normalized spacial score (nSPS) is 10.7. The topological polar surface area (TPSA) is 12.9 Å². The fourth-order valence-electron chi connectivity index (χ4n) is 1.38. The molecule has 1 heterocycles. The van der Waals surface area contributed by atoms with Gasteiger partial charge in [-0.1, -0.05) is 6.07 Å². The Kier molecular flexibility index (Phi) is 2.08. The second-order valence-corrected chi connectivity index (χ2v) is 4.01. The first-order chi connectivity index (χ1) is 6.18. The van der Waals surface area contributed by atoms with Gasteiger partial charge in [-0.15, -0.1) is 0 Å². The number of nitrogens with zero attached hydrogens (tertiary/aromatic N) is 1. The molecule has 0 aliphatic carbocycles. The maximum Gasteiger partial charge on any atom is 0.0716 e. The Morgan fingerprint density at radius 2 is 1.85 bits per heavy atom. The van der Waals surface area contributed by atoms with Crippen molar-refractivity contribution in [3.8, 4) is 0 Å². The maximum atomic E-state index is 4.45. The first kappa shape index (κ1) is 8.70. The third kappa shape index (κ3) is 1.46. The molecule has 0 fully saturated rings. The number of fused-ring (bicyclic) bond motifs is 1. The number of rotatable bonds is 0. The zero-order valence-corrected chi connectivity index (χ0v) is 9.22. The van der Waals surface area contributed by atoms with E-state index in [0.717, 1.165) is 15.7 Å². The van der Waals surface area contributed by atoms with Crippen LogP contribution in [0.4, 0.5) is 0 Å². The van der Waals surface area contributed by atoms with Crippen molar-refractivity contribution in [2.24, 2.45) is 0 Å². The van der Waals surface area contributed by atoms with Crippen molar-refractivity contribution >= 4 is 26.8 Å². The molecule has 66 valence electrons. The Morgan fingerprint density at radius 3 is 2.62 bits per heavy atom. The van der Waals surface area contributed by atoms with Crippen molar-refractivity contribution in [3.05, 3.63) is 40.0 Å². The largest absolute Gasteiger partial charge is 0.253 e. The first-order valence-corrected chi connectivity index (χ1v) is 5.00. The fraction of sp³-hybridized carbons (Fsp3) is 0.182. The predicted molar refractivity (Wildman–Crippen MR) is 58.9 cm³/mol. The van der Waals surface area contributed by atoms with E-state index in [4.69, 9.17) is 0 Å². The molecular weight excluding hydrogens is 226 g/mol. The number of hydrogen-bond acceptors (Lipinski definition) is 1. The summed E-state index contributed by atoms with van der Waals surface area (Å²) in [7, 11) is 0. The molecule has 0 saturated heterocycles. The molecule has 2 aromatic rings. The fourth-order valence-corrected chi connectivity index (χ4v) is 1.85. The van der Waals surface area contributed by atoms with E-state index in [1.165, 1.54) is 10.9 Å². The molecule has 0 spiro atoms. The van der Waals surface area contributed by atoms with Crippen LogP contribution in [0.5, 0.6) is 0 Å².